The van der Waals surface area contributed by atoms with Crippen LogP contribution < -0.4 is 0 Å². The van der Waals surface area contributed by atoms with Gasteiger partial charge in [-0.3, -0.25) is 4.79 Å². The SMILES string of the molecule is COC(=O)[C@@H]1C[C@@H](S(=O)(=O)c2ccccc2Cl)CN1C(=O)C1(c2ccc(Cl)cc2)CC1. The molecular formula is C22H21Cl2NO5S. The van der Waals surface area contributed by atoms with E-state index < -0.39 is 32.5 Å². The molecule has 9 heteroatoms. The van der Waals surface area contributed by atoms with Gasteiger partial charge in [0.25, 0.3) is 0 Å². The van der Waals surface area contributed by atoms with Crippen molar-refractivity contribution in [3.63, 3.8) is 0 Å². The first-order valence-electron chi connectivity index (χ1n) is 9.84. The number of likely N-dealkylation sites (tertiary alicyclic amines) is 1. The predicted molar refractivity (Wildman–Crippen MR) is 117 cm³/mol. The average Bonchev–Trinajstić information content (AvgIpc) is 3.44. The van der Waals surface area contributed by atoms with E-state index in [4.69, 9.17) is 27.9 Å². The van der Waals surface area contributed by atoms with Crippen LogP contribution in [0.5, 0.6) is 0 Å². The topological polar surface area (TPSA) is 80.8 Å². The van der Waals surface area contributed by atoms with Crippen LogP contribution in [0.25, 0.3) is 0 Å². The molecule has 0 bridgehead atoms. The largest absolute Gasteiger partial charge is 0.467 e. The first kappa shape index (κ1) is 22.1. The zero-order chi connectivity index (χ0) is 22.4. The third-order valence-corrected chi connectivity index (χ3v) is 9.02. The van der Waals surface area contributed by atoms with Crippen molar-refractivity contribution in [2.24, 2.45) is 0 Å². The zero-order valence-corrected chi connectivity index (χ0v) is 19.1. The van der Waals surface area contributed by atoms with Gasteiger partial charge in [0.05, 0.1) is 27.7 Å². The lowest BCUT2D eigenvalue weighted by Gasteiger charge is -2.27. The van der Waals surface area contributed by atoms with E-state index in [0.29, 0.717) is 17.9 Å². The molecule has 2 aromatic carbocycles. The van der Waals surface area contributed by atoms with E-state index in [1.54, 1.807) is 36.4 Å². The number of sulfone groups is 1. The van der Waals surface area contributed by atoms with Crippen molar-refractivity contribution in [3.05, 3.63) is 64.1 Å². The van der Waals surface area contributed by atoms with Crippen LogP contribution >= 0.6 is 23.2 Å². The Morgan fingerprint density at radius 3 is 2.29 bits per heavy atom. The molecule has 1 heterocycles. The molecule has 0 unspecified atom stereocenters. The highest BCUT2D eigenvalue weighted by Crippen LogP contribution is 2.51. The lowest BCUT2D eigenvalue weighted by molar-refractivity contribution is -0.151. The summed E-state index contributed by atoms with van der Waals surface area (Å²) in [5.41, 5.74) is 0.0443. The minimum atomic E-state index is -3.86. The standard InChI is InChI=1S/C22H21Cl2NO5S/c1-30-20(26)18-12-16(31(28,29)19-5-3-2-4-17(19)24)13-25(18)21(27)22(10-11-22)14-6-8-15(23)9-7-14/h2-9,16,18H,10-13H2,1H3/t16-,18+/m1/s1. The van der Waals surface area contributed by atoms with Gasteiger partial charge in [0, 0.05) is 11.6 Å². The fraction of sp³-hybridized carbons (Fsp3) is 0.364. The maximum absolute atomic E-state index is 13.6. The number of esters is 1. The molecule has 31 heavy (non-hydrogen) atoms. The highest BCUT2D eigenvalue weighted by molar-refractivity contribution is 7.92. The Morgan fingerprint density at radius 1 is 1.06 bits per heavy atom. The van der Waals surface area contributed by atoms with Gasteiger partial charge in [0.2, 0.25) is 5.91 Å². The van der Waals surface area contributed by atoms with Crippen LogP contribution in [0, 0.1) is 0 Å². The Bertz CT molecular complexity index is 1130. The van der Waals surface area contributed by atoms with E-state index in [1.165, 1.54) is 24.1 Å². The van der Waals surface area contributed by atoms with Crippen LogP contribution in [0.3, 0.4) is 0 Å². The van der Waals surface area contributed by atoms with Crippen molar-refractivity contribution in [2.75, 3.05) is 13.7 Å². The molecule has 1 saturated heterocycles. The van der Waals surface area contributed by atoms with Gasteiger partial charge in [0.15, 0.2) is 9.84 Å². The maximum Gasteiger partial charge on any atom is 0.328 e. The number of carbonyl (C=O) groups is 2. The van der Waals surface area contributed by atoms with Crippen molar-refractivity contribution in [3.8, 4) is 0 Å². The molecular weight excluding hydrogens is 461 g/mol. The van der Waals surface area contributed by atoms with Gasteiger partial charge in [-0.15, -0.1) is 0 Å². The monoisotopic (exact) mass is 481 g/mol. The van der Waals surface area contributed by atoms with Gasteiger partial charge in [-0.25, -0.2) is 13.2 Å². The fourth-order valence-corrected chi connectivity index (χ4v) is 6.60. The minimum absolute atomic E-state index is 0.00146. The molecule has 0 aromatic heterocycles. The smallest absolute Gasteiger partial charge is 0.328 e. The number of nitrogens with zero attached hydrogens (tertiary/aromatic N) is 1. The predicted octanol–water partition coefficient (Wildman–Crippen LogP) is 3.64. The average molecular weight is 482 g/mol. The molecule has 0 N–H and O–H groups in total. The summed E-state index contributed by atoms with van der Waals surface area (Å²) in [7, 11) is -2.63. The van der Waals surface area contributed by atoms with E-state index in [9.17, 15) is 18.0 Å². The van der Waals surface area contributed by atoms with Gasteiger partial charge in [-0.1, -0.05) is 47.5 Å². The number of ether oxygens (including phenoxy) is 1. The van der Waals surface area contributed by atoms with Gasteiger partial charge in [0.1, 0.15) is 6.04 Å². The fourth-order valence-electron chi connectivity index (χ4n) is 4.26. The lowest BCUT2D eigenvalue weighted by Crippen LogP contribution is -2.46. The van der Waals surface area contributed by atoms with Crippen LogP contribution in [-0.4, -0.2) is 50.1 Å². The van der Waals surface area contributed by atoms with E-state index in [1.807, 2.05) is 0 Å². The van der Waals surface area contributed by atoms with Crippen LogP contribution in [0.1, 0.15) is 24.8 Å². The molecule has 1 aliphatic carbocycles. The molecule has 0 spiro atoms. The summed E-state index contributed by atoms with van der Waals surface area (Å²) in [6.07, 6.45) is 1.21. The third-order valence-electron chi connectivity index (χ3n) is 6.14. The summed E-state index contributed by atoms with van der Waals surface area (Å²) in [6, 6.07) is 12.2. The Hall–Kier alpha value is -2.09. The third kappa shape index (κ3) is 3.83. The first-order chi connectivity index (χ1) is 14.7. The van der Waals surface area contributed by atoms with Gasteiger partial charge >= 0.3 is 5.97 Å². The molecule has 0 radical (unpaired) electrons. The van der Waals surface area contributed by atoms with E-state index in [0.717, 1.165) is 5.56 Å². The molecule has 1 saturated carbocycles. The van der Waals surface area contributed by atoms with Crippen molar-refractivity contribution >= 4 is 44.9 Å². The number of benzene rings is 2. The lowest BCUT2D eigenvalue weighted by atomic mass is 9.94. The van der Waals surface area contributed by atoms with Crippen LogP contribution in [0.2, 0.25) is 10.0 Å². The van der Waals surface area contributed by atoms with Gasteiger partial charge < -0.3 is 9.64 Å². The van der Waals surface area contributed by atoms with Crippen molar-refractivity contribution in [1.82, 2.24) is 4.90 Å². The van der Waals surface area contributed by atoms with E-state index in [-0.39, 0.29) is 28.8 Å². The number of halogens is 2. The van der Waals surface area contributed by atoms with Crippen molar-refractivity contribution < 1.29 is 22.7 Å². The summed E-state index contributed by atoms with van der Waals surface area (Å²) in [5.74, 6) is -0.890. The Kier molecular flexibility index (Phi) is 5.79. The number of hydrogen-bond acceptors (Lipinski definition) is 5. The second-order valence-electron chi connectivity index (χ2n) is 7.92. The molecule has 4 rings (SSSR count). The number of rotatable bonds is 5. The molecule has 2 fully saturated rings. The summed E-state index contributed by atoms with van der Waals surface area (Å²) in [5, 5.41) is -0.283. The molecule has 1 amide bonds. The minimum Gasteiger partial charge on any atom is -0.467 e. The second kappa shape index (κ2) is 8.11. The Morgan fingerprint density at radius 2 is 1.71 bits per heavy atom. The number of carbonyl (C=O) groups excluding carboxylic acids is 2. The highest BCUT2D eigenvalue weighted by Gasteiger charge is 2.57. The van der Waals surface area contributed by atoms with Gasteiger partial charge in [-0.2, -0.15) is 0 Å². The summed E-state index contributed by atoms with van der Waals surface area (Å²) >= 11 is 12.1. The maximum atomic E-state index is 13.6. The summed E-state index contributed by atoms with van der Waals surface area (Å²) in [6.45, 7) is -0.0957. The number of methoxy groups -OCH3 is 1. The second-order valence-corrected chi connectivity index (χ2v) is 11.0. The van der Waals surface area contributed by atoms with E-state index in [2.05, 4.69) is 0 Å². The Labute approximate surface area is 191 Å². The Balaban J connectivity index is 1.67. The van der Waals surface area contributed by atoms with Crippen LogP contribution in [-0.2, 0) is 29.6 Å². The molecule has 1 aliphatic heterocycles. The first-order valence-corrected chi connectivity index (χ1v) is 12.1. The quantitative estimate of drug-likeness (QED) is 0.608. The molecule has 2 aromatic rings. The molecule has 2 aliphatic rings. The van der Waals surface area contributed by atoms with Gasteiger partial charge in [-0.05, 0) is 49.1 Å². The normalized spacial score (nSPS) is 22.2. The van der Waals surface area contributed by atoms with E-state index >= 15 is 0 Å². The van der Waals surface area contributed by atoms with Crippen LogP contribution in [0.4, 0.5) is 0 Å². The summed E-state index contributed by atoms with van der Waals surface area (Å²) in [4.78, 5) is 27.4. The van der Waals surface area contributed by atoms with Crippen molar-refractivity contribution in [2.45, 2.75) is 40.9 Å². The number of amides is 1. The van der Waals surface area contributed by atoms with Crippen molar-refractivity contribution in [1.29, 1.82) is 0 Å². The van der Waals surface area contributed by atoms with Crippen LogP contribution in [0.15, 0.2) is 53.4 Å². The molecule has 2 atom stereocenters. The zero-order valence-electron chi connectivity index (χ0n) is 16.8. The summed E-state index contributed by atoms with van der Waals surface area (Å²) < 4.78 is 31.4. The molecule has 164 valence electrons. The highest BCUT2D eigenvalue weighted by atomic mass is 35.5. The molecule has 6 nitrogen and oxygen atoms in total. The number of hydrogen-bond donors (Lipinski definition) is 0.